The van der Waals surface area contributed by atoms with Crippen LogP contribution in [0, 0.1) is 0 Å². The first-order valence-corrected chi connectivity index (χ1v) is 8.31. The minimum Gasteiger partial charge on any atom is -0.0843 e. The van der Waals surface area contributed by atoms with Gasteiger partial charge in [0.25, 0.3) is 0 Å². The molecule has 3 aromatic carbocycles. The molecular weight excluding hydrogens is 399 g/mol. The molecule has 3 heteroatoms. The Balaban J connectivity index is 2.01. The summed E-state index contributed by atoms with van der Waals surface area (Å²) in [5.74, 6) is 0. The quantitative estimate of drug-likeness (QED) is 0.410. The highest BCUT2D eigenvalue weighted by Gasteiger charge is 2.10. The lowest BCUT2D eigenvalue weighted by Gasteiger charge is -2.12. The van der Waals surface area contributed by atoms with Crippen LogP contribution in [0.5, 0.6) is 0 Å². The molecule has 0 aliphatic heterocycles. The molecular formula is C17H11Br2Cl. The van der Waals surface area contributed by atoms with Gasteiger partial charge >= 0.3 is 0 Å². The minimum atomic E-state index is 0.174. The van der Waals surface area contributed by atoms with Crippen LogP contribution in [-0.4, -0.2) is 0 Å². The van der Waals surface area contributed by atoms with Crippen LogP contribution in [0.25, 0.3) is 10.8 Å². The average molecular weight is 411 g/mol. The Hall–Kier alpha value is -0.830. The Morgan fingerprint density at radius 1 is 0.750 bits per heavy atom. The number of hydrogen-bond acceptors (Lipinski definition) is 0. The Morgan fingerprint density at radius 3 is 2.10 bits per heavy atom. The van der Waals surface area contributed by atoms with E-state index < -0.39 is 0 Å². The van der Waals surface area contributed by atoms with Gasteiger partial charge in [-0.1, -0.05) is 73.8 Å². The molecule has 3 rings (SSSR count). The van der Waals surface area contributed by atoms with E-state index in [1.807, 2.05) is 24.3 Å². The van der Waals surface area contributed by atoms with Crippen molar-refractivity contribution in [3.05, 3.63) is 81.3 Å². The van der Waals surface area contributed by atoms with Crippen molar-refractivity contribution in [2.45, 2.75) is 4.83 Å². The van der Waals surface area contributed by atoms with Crippen LogP contribution in [-0.2, 0) is 0 Å². The highest BCUT2D eigenvalue weighted by molar-refractivity contribution is 9.10. The van der Waals surface area contributed by atoms with E-state index in [0.29, 0.717) is 0 Å². The summed E-state index contributed by atoms with van der Waals surface area (Å²) in [6.07, 6.45) is 0. The smallest absolute Gasteiger partial charge is 0.0644 e. The van der Waals surface area contributed by atoms with Crippen LogP contribution >= 0.6 is 43.5 Å². The summed E-state index contributed by atoms with van der Waals surface area (Å²) in [6, 6.07) is 20.8. The topological polar surface area (TPSA) is 0 Å². The standard InChI is InChI=1S/C17H11Br2Cl/c18-15-6-3-12-9-14(2-1-13(12)10-15)17(19)11-4-7-16(20)8-5-11/h1-10,17H. The summed E-state index contributed by atoms with van der Waals surface area (Å²) in [6.45, 7) is 0. The molecule has 3 aromatic rings. The molecule has 0 radical (unpaired) electrons. The molecule has 0 heterocycles. The van der Waals surface area contributed by atoms with Gasteiger partial charge in [0.15, 0.2) is 0 Å². The number of rotatable bonds is 2. The van der Waals surface area contributed by atoms with Gasteiger partial charge in [-0.25, -0.2) is 0 Å². The van der Waals surface area contributed by atoms with E-state index in [4.69, 9.17) is 11.6 Å². The van der Waals surface area contributed by atoms with E-state index in [9.17, 15) is 0 Å². The Labute approximate surface area is 140 Å². The SMILES string of the molecule is Clc1ccc(C(Br)c2ccc3cc(Br)ccc3c2)cc1. The second kappa shape index (κ2) is 5.88. The van der Waals surface area contributed by atoms with E-state index in [-0.39, 0.29) is 4.83 Å². The second-order valence-corrected chi connectivity index (χ2v) is 6.93. The average Bonchev–Trinajstić information content (AvgIpc) is 2.47. The Bertz CT molecular complexity index is 751. The Morgan fingerprint density at radius 2 is 1.35 bits per heavy atom. The number of hydrogen-bond donors (Lipinski definition) is 0. The monoisotopic (exact) mass is 408 g/mol. The van der Waals surface area contributed by atoms with Crippen LogP contribution in [0.15, 0.2) is 65.1 Å². The number of benzene rings is 3. The lowest BCUT2D eigenvalue weighted by molar-refractivity contribution is 1.18. The molecule has 0 N–H and O–H groups in total. The van der Waals surface area contributed by atoms with E-state index in [2.05, 4.69) is 68.3 Å². The molecule has 0 bridgehead atoms. The fourth-order valence-electron chi connectivity index (χ4n) is 2.22. The van der Waals surface area contributed by atoms with Gasteiger partial charge in [-0.15, -0.1) is 0 Å². The fourth-order valence-corrected chi connectivity index (χ4v) is 3.31. The van der Waals surface area contributed by atoms with Crippen molar-refractivity contribution in [3.8, 4) is 0 Å². The van der Waals surface area contributed by atoms with Gasteiger partial charge in [0.05, 0.1) is 4.83 Å². The maximum atomic E-state index is 5.94. The fraction of sp³-hybridized carbons (Fsp3) is 0.0588. The maximum absolute atomic E-state index is 5.94. The summed E-state index contributed by atoms with van der Waals surface area (Å²) in [7, 11) is 0. The van der Waals surface area contributed by atoms with Crippen molar-refractivity contribution < 1.29 is 0 Å². The summed E-state index contributed by atoms with van der Waals surface area (Å²) >= 11 is 13.2. The summed E-state index contributed by atoms with van der Waals surface area (Å²) < 4.78 is 1.10. The second-order valence-electron chi connectivity index (χ2n) is 4.67. The molecule has 0 saturated heterocycles. The molecule has 1 atom stereocenters. The van der Waals surface area contributed by atoms with Crippen molar-refractivity contribution in [2.75, 3.05) is 0 Å². The van der Waals surface area contributed by atoms with Crippen molar-refractivity contribution in [1.82, 2.24) is 0 Å². The van der Waals surface area contributed by atoms with Gasteiger partial charge in [0.2, 0.25) is 0 Å². The molecule has 0 amide bonds. The predicted molar refractivity (Wildman–Crippen MR) is 93.9 cm³/mol. The lowest BCUT2D eigenvalue weighted by Crippen LogP contribution is -1.92. The molecule has 100 valence electrons. The minimum absolute atomic E-state index is 0.174. The highest BCUT2D eigenvalue weighted by atomic mass is 79.9. The third-order valence-electron chi connectivity index (χ3n) is 3.28. The molecule has 0 fully saturated rings. The van der Waals surface area contributed by atoms with Crippen molar-refractivity contribution in [3.63, 3.8) is 0 Å². The third kappa shape index (κ3) is 2.93. The summed E-state index contributed by atoms with van der Waals surface area (Å²) in [5.41, 5.74) is 2.44. The first kappa shape index (κ1) is 14.1. The molecule has 1 unspecified atom stereocenters. The molecule has 0 saturated carbocycles. The number of alkyl halides is 1. The normalized spacial score (nSPS) is 12.6. The number of fused-ring (bicyclic) bond motifs is 1. The largest absolute Gasteiger partial charge is 0.0843 e. The summed E-state index contributed by atoms with van der Waals surface area (Å²) in [4.78, 5) is 0.174. The van der Waals surface area contributed by atoms with Crippen LogP contribution in [0.2, 0.25) is 5.02 Å². The van der Waals surface area contributed by atoms with E-state index in [0.717, 1.165) is 9.50 Å². The van der Waals surface area contributed by atoms with Crippen LogP contribution in [0.1, 0.15) is 16.0 Å². The molecule has 20 heavy (non-hydrogen) atoms. The zero-order valence-electron chi connectivity index (χ0n) is 10.5. The maximum Gasteiger partial charge on any atom is 0.0644 e. The van der Waals surface area contributed by atoms with Crippen LogP contribution in [0.3, 0.4) is 0 Å². The zero-order chi connectivity index (χ0) is 14.1. The first-order chi connectivity index (χ1) is 9.63. The van der Waals surface area contributed by atoms with E-state index in [1.165, 1.54) is 21.9 Å². The Kier molecular flexibility index (Phi) is 4.16. The van der Waals surface area contributed by atoms with Crippen molar-refractivity contribution in [1.29, 1.82) is 0 Å². The molecule has 0 aliphatic rings. The molecule has 0 aliphatic carbocycles. The van der Waals surface area contributed by atoms with E-state index in [1.54, 1.807) is 0 Å². The van der Waals surface area contributed by atoms with Gasteiger partial charge in [0, 0.05) is 9.50 Å². The first-order valence-electron chi connectivity index (χ1n) is 6.22. The van der Waals surface area contributed by atoms with Gasteiger partial charge in [-0.05, 0) is 52.2 Å². The van der Waals surface area contributed by atoms with Gasteiger partial charge in [0.1, 0.15) is 0 Å². The van der Waals surface area contributed by atoms with Crippen LogP contribution in [0.4, 0.5) is 0 Å². The van der Waals surface area contributed by atoms with Gasteiger partial charge < -0.3 is 0 Å². The van der Waals surface area contributed by atoms with Crippen molar-refractivity contribution in [2.24, 2.45) is 0 Å². The van der Waals surface area contributed by atoms with E-state index >= 15 is 0 Å². The number of halogens is 3. The van der Waals surface area contributed by atoms with Gasteiger partial charge in [-0.2, -0.15) is 0 Å². The highest BCUT2D eigenvalue weighted by Crippen LogP contribution is 2.33. The molecule has 0 nitrogen and oxygen atoms in total. The third-order valence-corrected chi connectivity index (χ3v) is 5.08. The van der Waals surface area contributed by atoms with Crippen LogP contribution < -0.4 is 0 Å². The van der Waals surface area contributed by atoms with Gasteiger partial charge in [-0.3, -0.25) is 0 Å². The molecule has 0 spiro atoms. The summed E-state index contributed by atoms with van der Waals surface area (Å²) in [5, 5.41) is 3.24. The molecule has 0 aromatic heterocycles. The lowest BCUT2D eigenvalue weighted by atomic mass is 10.0. The van der Waals surface area contributed by atoms with Crippen molar-refractivity contribution >= 4 is 54.2 Å². The predicted octanol–water partition coefficient (Wildman–Crippen LogP) is 6.74. The zero-order valence-corrected chi connectivity index (χ0v) is 14.4.